The van der Waals surface area contributed by atoms with Crippen molar-refractivity contribution >= 4 is 17.3 Å². The van der Waals surface area contributed by atoms with Crippen LogP contribution in [0.5, 0.6) is 0 Å². The van der Waals surface area contributed by atoms with Crippen LogP contribution in [0.15, 0.2) is 35.5 Å². The third-order valence-electron chi connectivity index (χ3n) is 5.20. The molecule has 7 nitrogen and oxygen atoms in total. The second-order valence-electron chi connectivity index (χ2n) is 7.85. The molecular formula is C19H20N4O3. The standard InChI is InChI=1S/C19H20N4O3/c1-10-15-16(11-4-6-12(7-5-11)23(25)26)17-13(20-18(15)22-21-10)8-19(2,3)9-14(17)24/h4-7,16H,8-9H2,1-3H3,(H2,20,21,22)/t16-/m0/s1. The Bertz CT molecular complexity index is 954. The number of aromatic nitrogens is 2. The predicted octanol–water partition coefficient (Wildman–Crippen LogP) is 3.83. The van der Waals surface area contributed by atoms with Gasteiger partial charge in [0.15, 0.2) is 11.6 Å². The van der Waals surface area contributed by atoms with E-state index in [9.17, 15) is 14.9 Å². The van der Waals surface area contributed by atoms with Crippen molar-refractivity contribution in [1.82, 2.24) is 10.2 Å². The maximum absolute atomic E-state index is 13.0. The highest BCUT2D eigenvalue weighted by Gasteiger charge is 2.42. The number of nitro benzene ring substituents is 1. The molecule has 0 unspecified atom stereocenters. The fraction of sp³-hybridized carbons (Fsp3) is 0.368. The summed E-state index contributed by atoms with van der Waals surface area (Å²) in [5.74, 6) is 0.595. The number of nitrogens with zero attached hydrogens (tertiary/aromatic N) is 2. The third kappa shape index (κ3) is 2.51. The summed E-state index contributed by atoms with van der Waals surface area (Å²) >= 11 is 0. The van der Waals surface area contributed by atoms with Gasteiger partial charge in [0, 0.05) is 47.0 Å². The van der Waals surface area contributed by atoms with Crippen LogP contribution in [-0.2, 0) is 4.79 Å². The number of aromatic amines is 1. The van der Waals surface area contributed by atoms with Gasteiger partial charge >= 0.3 is 0 Å². The van der Waals surface area contributed by atoms with Crippen LogP contribution >= 0.6 is 0 Å². The number of Topliss-reactive ketones (excluding diaryl/α,β-unsaturated/α-hetero) is 1. The lowest BCUT2D eigenvalue weighted by Gasteiger charge is -2.38. The van der Waals surface area contributed by atoms with E-state index >= 15 is 0 Å². The summed E-state index contributed by atoms with van der Waals surface area (Å²) in [5.41, 5.74) is 4.29. The van der Waals surface area contributed by atoms with E-state index in [2.05, 4.69) is 29.4 Å². The van der Waals surface area contributed by atoms with Gasteiger partial charge in [-0.2, -0.15) is 5.10 Å². The maximum atomic E-state index is 13.0. The topological polar surface area (TPSA) is 101 Å². The van der Waals surface area contributed by atoms with Crippen molar-refractivity contribution in [3.05, 3.63) is 62.5 Å². The number of fused-ring (bicyclic) bond motifs is 1. The molecule has 26 heavy (non-hydrogen) atoms. The largest absolute Gasteiger partial charge is 0.342 e. The molecule has 1 aromatic heterocycles. The van der Waals surface area contributed by atoms with Crippen LogP contribution in [0.3, 0.4) is 0 Å². The Morgan fingerprint density at radius 2 is 1.92 bits per heavy atom. The van der Waals surface area contributed by atoms with E-state index < -0.39 is 4.92 Å². The Hall–Kier alpha value is -2.96. The minimum Gasteiger partial charge on any atom is -0.342 e. The van der Waals surface area contributed by atoms with Gasteiger partial charge in [-0.25, -0.2) is 0 Å². The molecule has 1 aliphatic carbocycles. The van der Waals surface area contributed by atoms with Gasteiger partial charge in [0.05, 0.1) is 4.92 Å². The van der Waals surface area contributed by atoms with Crippen molar-refractivity contribution in [3.63, 3.8) is 0 Å². The van der Waals surface area contributed by atoms with E-state index in [1.165, 1.54) is 12.1 Å². The smallest absolute Gasteiger partial charge is 0.269 e. The Kier molecular flexibility index (Phi) is 3.50. The molecule has 2 N–H and O–H groups in total. The minimum atomic E-state index is -0.417. The lowest BCUT2D eigenvalue weighted by molar-refractivity contribution is -0.384. The molecule has 0 spiro atoms. The average molecular weight is 352 g/mol. The molecule has 0 bridgehead atoms. The van der Waals surface area contributed by atoms with Crippen LogP contribution in [0.1, 0.15) is 49.4 Å². The van der Waals surface area contributed by atoms with Gasteiger partial charge < -0.3 is 5.32 Å². The minimum absolute atomic E-state index is 0.0390. The van der Waals surface area contributed by atoms with Crippen LogP contribution in [0.2, 0.25) is 0 Å². The number of non-ortho nitro benzene ring substituents is 1. The quantitative estimate of drug-likeness (QED) is 0.632. The number of hydrogen-bond acceptors (Lipinski definition) is 5. The highest BCUT2D eigenvalue weighted by Crippen LogP contribution is 2.49. The number of rotatable bonds is 2. The first-order valence-electron chi connectivity index (χ1n) is 8.59. The molecule has 0 amide bonds. The summed E-state index contributed by atoms with van der Waals surface area (Å²) in [4.78, 5) is 23.6. The van der Waals surface area contributed by atoms with Crippen molar-refractivity contribution in [2.24, 2.45) is 5.41 Å². The van der Waals surface area contributed by atoms with Crippen molar-refractivity contribution in [2.75, 3.05) is 5.32 Å². The average Bonchev–Trinajstić information content (AvgIpc) is 2.93. The molecule has 0 fully saturated rings. The van der Waals surface area contributed by atoms with Crippen molar-refractivity contribution < 1.29 is 9.72 Å². The van der Waals surface area contributed by atoms with Gasteiger partial charge in [-0.05, 0) is 24.3 Å². The first-order valence-corrected chi connectivity index (χ1v) is 8.59. The van der Waals surface area contributed by atoms with E-state index in [1.807, 2.05) is 6.92 Å². The van der Waals surface area contributed by atoms with Crippen LogP contribution in [-0.4, -0.2) is 20.9 Å². The highest BCUT2D eigenvalue weighted by atomic mass is 16.6. The number of H-pyrrole nitrogens is 1. The predicted molar refractivity (Wildman–Crippen MR) is 96.9 cm³/mol. The molecule has 2 aliphatic rings. The molecule has 7 heteroatoms. The Labute approximate surface area is 150 Å². The first kappa shape index (κ1) is 16.5. The molecule has 0 radical (unpaired) electrons. The number of allylic oxidation sites excluding steroid dienone is 2. The molecule has 2 aromatic rings. The van der Waals surface area contributed by atoms with Gasteiger partial charge in [0.25, 0.3) is 5.69 Å². The zero-order chi connectivity index (χ0) is 18.6. The third-order valence-corrected chi connectivity index (χ3v) is 5.20. The molecule has 134 valence electrons. The van der Waals surface area contributed by atoms with E-state index in [1.54, 1.807) is 12.1 Å². The Morgan fingerprint density at radius 3 is 2.58 bits per heavy atom. The molecule has 1 aromatic carbocycles. The summed E-state index contributed by atoms with van der Waals surface area (Å²) in [7, 11) is 0. The summed E-state index contributed by atoms with van der Waals surface area (Å²) in [6, 6.07) is 6.46. The van der Waals surface area contributed by atoms with Crippen molar-refractivity contribution in [3.8, 4) is 0 Å². The van der Waals surface area contributed by atoms with Gasteiger partial charge in [-0.15, -0.1) is 0 Å². The second kappa shape index (κ2) is 5.52. The Balaban J connectivity index is 1.89. The summed E-state index contributed by atoms with van der Waals surface area (Å²) in [6.07, 6.45) is 1.26. The summed E-state index contributed by atoms with van der Waals surface area (Å²) in [5, 5.41) is 21.7. The van der Waals surface area contributed by atoms with Gasteiger partial charge in [-0.3, -0.25) is 20.0 Å². The number of anilines is 1. The highest BCUT2D eigenvalue weighted by molar-refractivity contribution is 6.01. The maximum Gasteiger partial charge on any atom is 0.269 e. The molecule has 1 aliphatic heterocycles. The van der Waals surface area contributed by atoms with Crippen LogP contribution < -0.4 is 5.32 Å². The van der Waals surface area contributed by atoms with Crippen molar-refractivity contribution in [1.29, 1.82) is 0 Å². The van der Waals surface area contributed by atoms with E-state index in [-0.39, 0.29) is 22.8 Å². The molecule has 2 heterocycles. The lowest BCUT2D eigenvalue weighted by Crippen LogP contribution is -2.33. The van der Waals surface area contributed by atoms with E-state index in [4.69, 9.17) is 0 Å². The zero-order valence-electron chi connectivity index (χ0n) is 14.9. The fourth-order valence-corrected chi connectivity index (χ4v) is 4.08. The first-order chi connectivity index (χ1) is 12.3. The SMILES string of the molecule is Cc1[nH]nc2c1[C@H](c1ccc([N+](=O)[O-])cc1)C1=C(CC(C)(C)CC1=O)N2. The number of nitro groups is 1. The van der Waals surface area contributed by atoms with Crippen LogP contribution in [0.4, 0.5) is 11.5 Å². The number of hydrogen-bond donors (Lipinski definition) is 2. The molecule has 4 rings (SSSR count). The molecule has 0 saturated carbocycles. The van der Waals surface area contributed by atoms with Gasteiger partial charge in [0.2, 0.25) is 0 Å². The summed E-state index contributed by atoms with van der Waals surface area (Å²) in [6.45, 7) is 6.10. The van der Waals surface area contributed by atoms with E-state index in [0.29, 0.717) is 6.42 Å². The number of carbonyl (C=O) groups excluding carboxylic acids is 1. The fourth-order valence-electron chi connectivity index (χ4n) is 4.08. The molecule has 0 saturated heterocycles. The van der Waals surface area contributed by atoms with E-state index in [0.717, 1.165) is 40.3 Å². The molecule has 1 atom stereocenters. The zero-order valence-corrected chi connectivity index (χ0v) is 14.9. The number of aryl methyl sites for hydroxylation is 1. The lowest BCUT2D eigenvalue weighted by atomic mass is 9.69. The number of ketones is 1. The second-order valence-corrected chi connectivity index (χ2v) is 7.85. The number of benzene rings is 1. The monoisotopic (exact) mass is 352 g/mol. The normalized spacial score (nSPS) is 21.0. The van der Waals surface area contributed by atoms with Gasteiger partial charge in [-0.1, -0.05) is 26.0 Å². The van der Waals surface area contributed by atoms with Crippen LogP contribution in [0, 0.1) is 22.5 Å². The molecular weight excluding hydrogens is 332 g/mol. The summed E-state index contributed by atoms with van der Waals surface area (Å²) < 4.78 is 0. The number of carbonyl (C=O) groups is 1. The van der Waals surface area contributed by atoms with Gasteiger partial charge in [0.1, 0.15) is 0 Å². The number of nitrogens with one attached hydrogen (secondary N) is 2. The Morgan fingerprint density at radius 1 is 1.23 bits per heavy atom. The van der Waals surface area contributed by atoms with Crippen molar-refractivity contribution in [2.45, 2.75) is 39.5 Å². The van der Waals surface area contributed by atoms with Crippen LogP contribution in [0.25, 0.3) is 0 Å².